The van der Waals surface area contributed by atoms with E-state index >= 15 is 0 Å². The Hall–Kier alpha value is -2.49. The predicted molar refractivity (Wildman–Crippen MR) is 108 cm³/mol. The van der Waals surface area contributed by atoms with Crippen LogP contribution in [0.1, 0.15) is 37.5 Å². The number of nitrogens with zero attached hydrogens (tertiary/aromatic N) is 1. The standard InChI is InChI=1S/C22H30N2O2/c1-6-24(7-2)20-12-10-19(11-13-20)15-23-22(25)18(5)26-21-14-16(3)8-9-17(21)4/h8-14,18H,6-7,15H2,1-5H3,(H,23,25)/t18-/m0/s1. The molecule has 0 heterocycles. The third kappa shape index (κ3) is 5.25. The van der Waals surface area contributed by atoms with Gasteiger partial charge in [0.15, 0.2) is 6.10 Å². The largest absolute Gasteiger partial charge is 0.481 e. The zero-order valence-corrected chi connectivity index (χ0v) is 16.5. The van der Waals surface area contributed by atoms with Gasteiger partial charge in [-0.25, -0.2) is 0 Å². The topological polar surface area (TPSA) is 41.6 Å². The normalized spacial score (nSPS) is 11.7. The van der Waals surface area contributed by atoms with Gasteiger partial charge in [0.05, 0.1) is 0 Å². The number of hydrogen-bond donors (Lipinski definition) is 1. The number of nitrogens with one attached hydrogen (secondary N) is 1. The van der Waals surface area contributed by atoms with Crippen molar-refractivity contribution in [3.63, 3.8) is 0 Å². The Bertz CT molecular complexity index is 721. The molecule has 0 fully saturated rings. The highest BCUT2D eigenvalue weighted by molar-refractivity contribution is 5.80. The summed E-state index contributed by atoms with van der Waals surface area (Å²) in [6.07, 6.45) is -0.537. The van der Waals surface area contributed by atoms with Crippen LogP contribution < -0.4 is 15.0 Å². The Morgan fingerprint density at radius 1 is 1.08 bits per heavy atom. The molecule has 0 unspecified atom stereocenters. The second kappa shape index (κ2) is 9.27. The number of hydrogen-bond acceptors (Lipinski definition) is 3. The van der Waals surface area contributed by atoms with Crippen molar-refractivity contribution in [2.24, 2.45) is 0 Å². The first-order valence-electron chi connectivity index (χ1n) is 9.30. The van der Waals surface area contributed by atoms with E-state index in [0.717, 1.165) is 35.5 Å². The molecule has 0 saturated carbocycles. The Labute approximate surface area is 157 Å². The van der Waals surface area contributed by atoms with Crippen LogP contribution in [0.25, 0.3) is 0 Å². The Balaban J connectivity index is 1.90. The zero-order chi connectivity index (χ0) is 19.1. The molecular formula is C22H30N2O2. The third-order valence-electron chi connectivity index (χ3n) is 4.55. The maximum Gasteiger partial charge on any atom is 0.261 e. The summed E-state index contributed by atoms with van der Waals surface area (Å²) in [6, 6.07) is 14.3. The fourth-order valence-electron chi connectivity index (χ4n) is 2.82. The Morgan fingerprint density at radius 2 is 1.73 bits per heavy atom. The molecule has 2 rings (SSSR count). The van der Waals surface area contributed by atoms with Crippen LogP contribution in [0.4, 0.5) is 5.69 Å². The maximum atomic E-state index is 12.3. The van der Waals surface area contributed by atoms with Crippen LogP contribution in [-0.4, -0.2) is 25.1 Å². The number of aryl methyl sites for hydroxylation is 2. The molecule has 0 aromatic heterocycles. The van der Waals surface area contributed by atoms with Gasteiger partial charge in [0, 0.05) is 25.3 Å². The van der Waals surface area contributed by atoms with Crippen LogP contribution >= 0.6 is 0 Å². The summed E-state index contributed by atoms with van der Waals surface area (Å²) in [5, 5.41) is 2.95. The molecule has 4 nitrogen and oxygen atoms in total. The molecule has 4 heteroatoms. The number of benzene rings is 2. The molecule has 140 valence electrons. The first-order chi connectivity index (χ1) is 12.4. The van der Waals surface area contributed by atoms with E-state index in [1.165, 1.54) is 5.69 Å². The first kappa shape index (κ1) is 19.8. The minimum absolute atomic E-state index is 0.112. The van der Waals surface area contributed by atoms with Crippen LogP contribution in [0.5, 0.6) is 5.75 Å². The van der Waals surface area contributed by atoms with Gasteiger partial charge in [-0.3, -0.25) is 4.79 Å². The van der Waals surface area contributed by atoms with Crippen molar-refractivity contribution in [2.75, 3.05) is 18.0 Å². The van der Waals surface area contributed by atoms with E-state index in [2.05, 4.69) is 48.3 Å². The van der Waals surface area contributed by atoms with E-state index in [1.54, 1.807) is 6.92 Å². The number of carbonyl (C=O) groups is 1. The molecule has 0 saturated heterocycles. The molecule has 2 aromatic carbocycles. The highest BCUT2D eigenvalue weighted by Crippen LogP contribution is 2.20. The van der Waals surface area contributed by atoms with Gasteiger partial charge in [-0.2, -0.15) is 0 Å². The smallest absolute Gasteiger partial charge is 0.261 e. The average molecular weight is 354 g/mol. The van der Waals surface area contributed by atoms with Crippen molar-refractivity contribution in [3.8, 4) is 5.75 Å². The van der Waals surface area contributed by atoms with Crippen molar-refractivity contribution in [2.45, 2.75) is 47.3 Å². The van der Waals surface area contributed by atoms with Gasteiger partial charge < -0.3 is 15.0 Å². The number of rotatable bonds is 8. The molecular weight excluding hydrogens is 324 g/mol. The molecule has 0 bridgehead atoms. The molecule has 0 aliphatic heterocycles. The lowest BCUT2D eigenvalue weighted by Gasteiger charge is -2.21. The van der Waals surface area contributed by atoms with E-state index < -0.39 is 6.10 Å². The summed E-state index contributed by atoms with van der Waals surface area (Å²) in [7, 11) is 0. The van der Waals surface area contributed by atoms with Gasteiger partial charge in [0.25, 0.3) is 5.91 Å². The monoisotopic (exact) mass is 354 g/mol. The van der Waals surface area contributed by atoms with Crippen LogP contribution in [0.15, 0.2) is 42.5 Å². The van der Waals surface area contributed by atoms with E-state index in [9.17, 15) is 4.79 Å². The zero-order valence-electron chi connectivity index (χ0n) is 16.5. The number of amides is 1. The lowest BCUT2D eigenvalue weighted by atomic mass is 10.1. The van der Waals surface area contributed by atoms with Crippen LogP contribution in [0.3, 0.4) is 0 Å². The second-order valence-electron chi connectivity index (χ2n) is 6.59. The number of ether oxygens (including phenoxy) is 1. The van der Waals surface area contributed by atoms with Gasteiger partial charge >= 0.3 is 0 Å². The lowest BCUT2D eigenvalue weighted by molar-refractivity contribution is -0.127. The maximum absolute atomic E-state index is 12.3. The predicted octanol–water partition coefficient (Wildman–Crippen LogP) is 4.23. The minimum Gasteiger partial charge on any atom is -0.481 e. The third-order valence-corrected chi connectivity index (χ3v) is 4.55. The molecule has 26 heavy (non-hydrogen) atoms. The fraction of sp³-hybridized carbons (Fsp3) is 0.409. The highest BCUT2D eigenvalue weighted by atomic mass is 16.5. The minimum atomic E-state index is -0.537. The van der Waals surface area contributed by atoms with Crippen molar-refractivity contribution in [1.29, 1.82) is 0 Å². The number of carbonyl (C=O) groups excluding carboxylic acids is 1. The van der Waals surface area contributed by atoms with Gasteiger partial charge in [-0.1, -0.05) is 24.3 Å². The van der Waals surface area contributed by atoms with Crippen LogP contribution in [0, 0.1) is 13.8 Å². The quantitative estimate of drug-likeness (QED) is 0.771. The molecule has 0 radical (unpaired) electrons. The summed E-state index contributed by atoms with van der Waals surface area (Å²) in [5.74, 6) is 0.648. The Morgan fingerprint density at radius 3 is 2.35 bits per heavy atom. The summed E-state index contributed by atoms with van der Waals surface area (Å²) in [5.41, 5.74) is 4.43. The first-order valence-corrected chi connectivity index (χ1v) is 9.30. The molecule has 1 N–H and O–H groups in total. The van der Waals surface area contributed by atoms with Crippen molar-refractivity contribution >= 4 is 11.6 Å². The van der Waals surface area contributed by atoms with E-state index in [0.29, 0.717) is 6.54 Å². The van der Waals surface area contributed by atoms with Crippen LogP contribution in [0.2, 0.25) is 0 Å². The van der Waals surface area contributed by atoms with Crippen molar-refractivity contribution < 1.29 is 9.53 Å². The molecule has 0 aliphatic rings. The number of anilines is 1. The van der Waals surface area contributed by atoms with Gasteiger partial charge in [-0.15, -0.1) is 0 Å². The summed E-state index contributed by atoms with van der Waals surface area (Å²) in [6.45, 7) is 12.5. The van der Waals surface area contributed by atoms with E-state index in [1.807, 2.05) is 32.0 Å². The molecule has 2 aromatic rings. The van der Waals surface area contributed by atoms with Gasteiger partial charge in [-0.05, 0) is 69.5 Å². The van der Waals surface area contributed by atoms with Crippen molar-refractivity contribution in [1.82, 2.24) is 5.32 Å². The molecule has 1 amide bonds. The van der Waals surface area contributed by atoms with Gasteiger partial charge in [0.1, 0.15) is 5.75 Å². The van der Waals surface area contributed by atoms with E-state index in [4.69, 9.17) is 4.74 Å². The van der Waals surface area contributed by atoms with Crippen molar-refractivity contribution in [3.05, 3.63) is 59.2 Å². The lowest BCUT2D eigenvalue weighted by Crippen LogP contribution is -2.36. The molecule has 0 aliphatic carbocycles. The Kier molecular flexibility index (Phi) is 7.07. The fourth-order valence-corrected chi connectivity index (χ4v) is 2.82. The average Bonchev–Trinajstić information content (AvgIpc) is 2.64. The summed E-state index contributed by atoms with van der Waals surface area (Å²) in [4.78, 5) is 14.6. The SMILES string of the molecule is CCN(CC)c1ccc(CNC(=O)[C@H](C)Oc2cc(C)ccc2C)cc1. The van der Waals surface area contributed by atoms with Gasteiger partial charge in [0.2, 0.25) is 0 Å². The second-order valence-corrected chi connectivity index (χ2v) is 6.59. The highest BCUT2D eigenvalue weighted by Gasteiger charge is 2.15. The summed E-state index contributed by atoms with van der Waals surface area (Å²) >= 11 is 0. The van der Waals surface area contributed by atoms with E-state index in [-0.39, 0.29) is 5.91 Å². The molecule has 0 spiro atoms. The molecule has 1 atom stereocenters. The summed E-state index contributed by atoms with van der Waals surface area (Å²) < 4.78 is 5.84. The van der Waals surface area contributed by atoms with Crippen LogP contribution in [-0.2, 0) is 11.3 Å².